The minimum absolute atomic E-state index is 0.0639. The average Bonchev–Trinajstić information content (AvgIpc) is 2.74. The summed E-state index contributed by atoms with van der Waals surface area (Å²) in [5.74, 6) is -0.132. The van der Waals surface area contributed by atoms with E-state index in [0.29, 0.717) is 43.1 Å². The van der Waals surface area contributed by atoms with Crippen molar-refractivity contribution < 1.29 is 18.0 Å². The predicted octanol–water partition coefficient (Wildman–Crippen LogP) is 4.05. The van der Waals surface area contributed by atoms with Gasteiger partial charge in [0.05, 0.1) is 4.90 Å². The molecule has 1 N–H and O–H groups in total. The number of piperidine rings is 1. The van der Waals surface area contributed by atoms with E-state index in [1.807, 2.05) is 12.1 Å². The lowest BCUT2D eigenvalue weighted by molar-refractivity contribution is -0.120. The highest BCUT2D eigenvalue weighted by Gasteiger charge is 2.32. The van der Waals surface area contributed by atoms with E-state index in [0.717, 1.165) is 5.56 Å². The van der Waals surface area contributed by atoms with Crippen LogP contribution in [0.15, 0.2) is 53.4 Å². The van der Waals surface area contributed by atoms with Gasteiger partial charge >= 0.3 is 0 Å². The van der Waals surface area contributed by atoms with Gasteiger partial charge in [0.1, 0.15) is 0 Å². The summed E-state index contributed by atoms with van der Waals surface area (Å²) >= 11 is 0. The maximum atomic E-state index is 12.9. The first-order valence-corrected chi connectivity index (χ1v) is 11.6. The second kappa shape index (κ2) is 9.10. The van der Waals surface area contributed by atoms with Gasteiger partial charge in [0.2, 0.25) is 15.9 Å². The normalized spacial score (nSPS) is 15.9. The monoisotopic (exact) mass is 428 g/mol. The zero-order valence-corrected chi connectivity index (χ0v) is 18.4. The van der Waals surface area contributed by atoms with Gasteiger partial charge in [-0.05, 0) is 55.5 Å². The molecular formula is C23H28N2O4S. The summed E-state index contributed by atoms with van der Waals surface area (Å²) in [6.07, 6.45) is 0.920. The molecule has 1 heterocycles. The Balaban J connectivity index is 1.61. The molecule has 0 unspecified atom stereocenters. The number of nitrogens with zero attached hydrogens (tertiary/aromatic N) is 1. The molecule has 0 radical (unpaired) electrons. The van der Waals surface area contributed by atoms with Crippen LogP contribution in [0.3, 0.4) is 0 Å². The number of benzene rings is 2. The van der Waals surface area contributed by atoms with E-state index < -0.39 is 10.0 Å². The molecule has 1 aliphatic heterocycles. The summed E-state index contributed by atoms with van der Waals surface area (Å²) in [5, 5.41) is 2.85. The summed E-state index contributed by atoms with van der Waals surface area (Å²) in [5.41, 5.74) is 2.21. The Kier molecular flexibility index (Phi) is 6.73. The molecule has 0 bridgehead atoms. The first-order valence-electron chi connectivity index (χ1n) is 10.2. The van der Waals surface area contributed by atoms with Crippen molar-refractivity contribution in [3.8, 4) is 0 Å². The van der Waals surface area contributed by atoms with Crippen LogP contribution in [0.4, 0.5) is 5.69 Å². The number of nitrogens with one attached hydrogen (secondary N) is 1. The lowest BCUT2D eigenvalue weighted by Crippen LogP contribution is -2.41. The number of ketones is 1. The fourth-order valence-corrected chi connectivity index (χ4v) is 5.06. The number of carbonyl (C=O) groups is 2. The van der Waals surface area contributed by atoms with E-state index in [-0.39, 0.29) is 22.5 Å². The molecule has 0 aliphatic carbocycles. The number of carbonyl (C=O) groups excluding carboxylic acids is 2. The van der Waals surface area contributed by atoms with Crippen molar-refractivity contribution in [2.75, 3.05) is 18.4 Å². The fourth-order valence-electron chi connectivity index (χ4n) is 3.59. The van der Waals surface area contributed by atoms with Gasteiger partial charge in [-0.2, -0.15) is 4.31 Å². The molecule has 160 valence electrons. The third-order valence-electron chi connectivity index (χ3n) is 5.55. The second-order valence-electron chi connectivity index (χ2n) is 8.03. The van der Waals surface area contributed by atoms with E-state index in [1.165, 1.54) is 11.2 Å². The van der Waals surface area contributed by atoms with Gasteiger partial charge in [-0.25, -0.2) is 8.42 Å². The van der Waals surface area contributed by atoms with Gasteiger partial charge in [-0.3, -0.25) is 9.59 Å². The fraction of sp³-hybridized carbons (Fsp3) is 0.391. The zero-order chi connectivity index (χ0) is 21.9. The molecule has 1 fully saturated rings. The van der Waals surface area contributed by atoms with Crippen LogP contribution in [0.25, 0.3) is 0 Å². The number of hydrogen-bond donors (Lipinski definition) is 1. The summed E-state index contributed by atoms with van der Waals surface area (Å²) in [6.45, 7) is 6.22. The topological polar surface area (TPSA) is 83.6 Å². The molecule has 7 heteroatoms. The molecule has 3 rings (SSSR count). The maximum Gasteiger partial charge on any atom is 0.243 e. The molecule has 0 atom stereocenters. The van der Waals surface area contributed by atoms with E-state index >= 15 is 0 Å². The van der Waals surface area contributed by atoms with E-state index in [4.69, 9.17) is 0 Å². The molecule has 6 nitrogen and oxygen atoms in total. The molecule has 2 aromatic carbocycles. The highest BCUT2D eigenvalue weighted by molar-refractivity contribution is 7.89. The van der Waals surface area contributed by atoms with Crippen molar-refractivity contribution in [3.63, 3.8) is 0 Å². The molecule has 30 heavy (non-hydrogen) atoms. The quantitative estimate of drug-likeness (QED) is 0.704. The van der Waals surface area contributed by atoms with Gasteiger partial charge in [0.25, 0.3) is 0 Å². The smallest absolute Gasteiger partial charge is 0.243 e. The first kappa shape index (κ1) is 22.2. The Morgan fingerprint density at radius 1 is 1.03 bits per heavy atom. The second-order valence-corrected chi connectivity index (χ2v) is 9.97. The molecule has 2 aromatic rings. The molecule has 0 aromatic heterocycles. The third kappa shape index (κ3) is 4.96. The number of rotatable bonds is 6. The lowest BCUT2D eigenvalue weighted by atomic mass is 9.97. The molecule has 1 saturated heterocycles. The van der Waals surface area contributed by atoms with Crippen LogP contribution in [0.2, 0.25) is 0 Å². The number of amides is 1. The van der Waals surface area contributed by atoms with Crippen LogP contribution >= 0.6 is 0 Å². The number of hydrogen-bond acceptors (Lipinski definition) is 4. The standard InChI is InChI=1S/C23H28N2O4S/c1-16(2)18-7-9-22(10-8-18)30(28,29)25-13-11-19(12-14-25)23(27)24-21-6-4-5-20(15-21)17(3)26/h4-10,15-16,19H,11-14H2,1-3H3,(H,24,27). The van der Waals surface area contributed by atoms with Gasteiger partial charge < -0.3 is 5.32 Å². The zero-order valence-electron chi connectivity index (χ0n) is 17.6. The number of Topliss-reactive ketones (excluding diaryl/α,β-unsaturated/α-hetero) is 1. The molecule has 0 saturated carbocycles. The number of anilines is 1. The number of sulfonamides is 1. The molecule has 1 aliphatic rings. The predicted molar refractivity (Wildman–Crippen MR) is 117 cm³/mol. The highest BCUT2D eigenvalue weighted by atomic mass is 32.2. The Morgan fingerprint density at radius 3 is 2.23 bits per heavy atom. The van der Waals surface area contributed by atoms with Gasteiger partial charge in [0, 0.05) is 30.3 Å². The average molecular weight is 429 g/mol. The molecular weight excluding hydrogens is 400 g/mol. The van der Waals surface area contributed by atoms with Crippen molar-refractivity contribution in [2.24, 2.45) is 5.92 Å². The Morgan fingerprint density at radius 2 is 1.67 bits per heavy atom. The van der Waals surface area contributed by atoms with Crippen LogP contribution in [-0.2, 0) is 14.8 Å². The Hall–Kier alpha value is -2.51. The van der Waals surface area contributed by atoms with Crippen molar-refractivity contribution in [2.45, 2.75) is 44.4 Å². The minimum atomic E-state index is -3.56. The van der Waals surface area contributed by atoms with Crippen LogP contribution in [0.5, 0.6) is 0 Å². The van der Waals surface area contributed by atoms with Crippen LogP contribution in [0, 0.1) is 5.92 Å². The molecule has 0 spiro atoms. The Labute approximate surface area is 178 Å². The summed E-state index contributed by atoms with van der Waals surface area (Å²) < 4.78 is 27.3. The van der Waals surface area contributed by atoms with Crippen LogP contribution < -0.4 is 5.32 Å². The highest BCUT2D eigenvalue weighted by Crippen LogP contribution is 2.26. The third-order valence-corrected chi connectivity index (χ3v) is 7.46. The molecule has 1 amide bonds. The summed E-state index contributed by atoms with van der Waals surface area (Å²) in [4.78, 5) is 24.4. The van der Waals surface area contributed by atoms with Crippen LogP contribution in [0.1, 0.15) is 55.5 Å². The van der Waals surface area contributed by atoms with Crippen molar-refractivity contribution in [1.82, 2.24) is 4.31 Å². The van der Waals surface area contributed by atoms with E-state index in [1.54, 1.807) is 36.4 Å². The Bertz CT molecular complexity index is 1020. The van der Waals surface area contributed by atoms with Gasteiger partial charge in [0.15, 0.2) is 5.78 Å². The first-order chi connectivity index (χ1) is 14.2. The maximum absolute atomic E-state index is 12.9. The van der Waals surface area contributed by atoms with Crippen molar-refractivity contribution >= 4 is 27.4 Å². The summed E-state index contributed by atoms with van der Waals surface area (Å²) in [7, 11) is -3.56. The van der Waals surface area contributed by atoms with E-state index in [9.17, 15) is 18.0 Å². The summed E-state index contributed by atoms with van der Waals surface area (Å²) in [6, 6.07) is 13.9. The van der Waals surface area contributed by atoms with Gasteiger partial charge in [-0.15, -0.1) is 0 Å². The van der Waals surface area contributed by atoms with Crippen LogP contribution in [-0.4, -0.2) is 37.5 Å². The minimum Gasteiger partial charge on any atom is -0.326 e. The SMILES string of the molecule is CC(=O)c1cccc(NC(=O)C2CCN(S(=O)(=O)c3ccc(C(C)C)cc3)CC2)c1. The van der Waals surface area contributed by atoms with Crippen molar-refractivity contribution in [3.05, 3.63) is 59.7 Å². The van der Waals surface area contributed by atoms with Crippen molar-refractivity contribution in [1.29, 1.82) is 0 Å². The largest absolute Gasteiger partial charge is 0.326 e. The lowest BCUT2D eigenvalue weighted by Gasteiger charge is -2.30. The van der Waals surface area contributed by atoms with Gasteiger partial charge in [-0.1, -0.05) is 38.1 Å². The van der Waals surface area contributed by atoms with E-state index in [2.05, 4.69) is 19.2 Å².